The van der Waals surface area contributed by atoms with Crippen LogP contribution >= 0.6 is 11.6 Å². The van der Waals surface area contributed by atoms with E-state index in [1.807, 2.05) is 26.0 Å². The number of ether oxygens (including phenoxy) is 1. The van der Waals surface area contributed by atoms with Crippen molar-refractivity contribution in [1.29, 1.82) is 0 Å². The number of hydrogen-bond donors (Lipinski definition) is 1. The number of halogens is 1. The van der Waals surface area contributed by atoms with Gasteiger partial charge in [-0.3, -0.25) is 0 Å². The highest BCUT2D eigenvalue weighted by molar-refractivity contribution is 6.32. The first-order chi connectivity index (χ1) is 7.19. The summed E-state index contributed by atoms with van der Waals surface area (Å²) in [5.74, 6) is 0.686. The molecule has 0 aliphatic heterocycles. The lowest BCUT2D eigenvalue weighted by molar-refractivity contribution is 0.173. The Balaban J connectivity index is 2.78. The third kappa shape index (κ3) is 3.40. The topological polar surface area (TPSA) is 29.5 Å². The maximum Gasteiger partial charge on any atom is 0.137 e. The van der Waals surface area contributed by atoms with Crippen LogP contribution in [0.15, 0.2) is 18.2 Å². The summed E-state index contributed by atoms with van der Waals surface area (Å²) in [6.45, 7) is 4.64. The number of aliphatic hydroxyl groups excluding tert-OH is 1. The van der Waals surface area contributed by atoms with Gasteiger partial charge in [-0.1, -0.05) is 31.5 Å². The molecule has 0 amide bonds. The minimum absolute atomic E-state index is 0.442. The van der Waals surface area contributed by atoms with Crippen molar-refractivity contribution in [2.45, 2.75) is 32.8 Å². The summed E-state index contributed by atoms with van der Waals surface area (Å²) < 4.78 is 5.44. The average molecular weight is 229 g/mol. The highest BCUT2D eigenvalue weighted by Crippen LogP contribution is 2.28. The van der Waals surface area contributed by atoms with E-state index in [0.717, 1.165) is 12.0 Å². The summed E-state index contributed by atoms with van der Waals surface area (Å²) >= 11 is 6.03. The van der Waals surface area contributed by atoms with Crippen molar-refractivity contribution in [2.24, 2.45) is 0 Å². The van der Waals surface area contributed by atoms with Gasteiger partial charge in [0, 0.05) is 0 Å². The lowest BCUT2D eigenvalue weighted by Gasteiger charge is -2.11. The number of hydrogen-bond acceptors (Lipinski definition) is 2. The quantitative estimate of drug-likeness (QED) is 0.835. The molecule has 1 aromatic rings. The normalized spacial score (nSPS) is 12.5. The molecule has 0 saturated heterocycles. The highest BCUT2D eigenvalue weighted by Gasteiger charge is 2.08. The predicted octanol–water partition coefficient (Wildman–Crippen LogP) is 3.57. The SMILES string of the molecule is CCCOc1ccc(C(O)CC)cc1Cl. The molecule has 0 spiro atoms. The Morgan fingerprint density at radius 3 is 2.67 bits per heavy atom. The van der Waals surface area contributed by atoms with Crippen LogP contribution in [0.25, 0.3) is 0 Å². The van der Waals surface area contributed by atoms with E-state index in [2.05, 4.69) is 0 Å². The van der Waals surface area contributed by atoms with Gasteiger partial charge in [0.05, 0.1) is 17.7 Å². The van der Waals surface area contributed by atoms with E-state index in [1.165, 1.54) is 0 Å². The van der Waals surface area contributed by atoms with Crippen molar-refractivity contribution in [3.05, 3.63) is 28.8 Å². The molecule has 0 bridgehead atoms. The Bertz CT molecular complexity index is 312. The maximum atomic E-state index is 9.62. The molecule has 1 aromatic carbocycles. The van der Waals surface area contributed by atoms with Crippen molar-refractivity contribution < 1.29 is 9.84 Å². The average Bonchev–Trinajstić information content (AvgIpc) is 2.26. The van der Waals surface area contributed by atoms with Crippen molar-refractivity contribution in [1.82, 2.24) is 0 Å². The lowest BCUT2D eigenvalue weighted by atomic mass is 10.1. The summed E-state index contributed by atoms with van der Waals surface area (Å²) in [5, 5.41) is 10.2. The first-order valence-electron chi connectivity index (χ1n) is 5.29. The Hall–Kier alpha value is -0.730. The van der Waals surface area contributed by atoms with Crippen molar-refractivity contribution >= 4 is 11.6 Å². The standard InChI is InChI=1S/C12H17ClO2/c1-3-7-15-12-6-5-9(8-10(12)13)11(14)4-2/h5-6,8,11,14H,3-4,7H2,1-2H3. The molecule has 84 valence electrons. The van der Waals surface area contributed by atoms with Crippen LogP contribution in [0.3, 0.4) is 0 Å². The van der Waals surface area contributed by atoms with Crippen LogP contribution in [0.1, 0.15) is 38.4 Å². The molecule has 15 heavy (non-hydrogen) atoms. The molecule has 1 unspecified atom stereocenters. The van der Waals surface area contributed by atoms with E-state index in [1.54, 1.807) is 6.07 Å². The summed E-state index contributed by atoms with van der Waals surface area (Å²) in [5.41, 5.74) is 0.839. The van der Waals surface area contributed by atoms with Gasteiger partial charge in [-0.15, -0.1) is 0 Å². The molecule has 1 rings (SSSR count). The molecule has 0 heterocycles. The molecule has 0 aromatic heterocycles. The van der Waals surface area contributed by atoms with Crippen LogP contribution in [0.2, 0.25) is 5.02 Å². The zero-order chi connectivity index (χ0) is 11.3. The molecule has 3 heteroatoms. The van der Waals surface area contributed by atoms with E-state index >= 15 is 0 Å². The zero-order valence-electron chi connectivity index (χ0n) is 9.16. The number of benzene rings is 1. The molecule has 1 atom stereocenters. The van der Waals surface area contributed by atoms with Gasteiger partial charge in [0.2, 0.25) is 0 Å². The van der Waals surface area contributed by atoms with Gasteiger partial charge in [0.1, 0.15) is 5.75 Å². The van der Waals surface area contributed by atoms with Crippen LogP contribution in [0.5, 0.6) is 5.75 Å². The summed E-state index contributed by atoms with van der Waals surface area (Å²) in [6.07, 6.45) is 1.20. The molecular formula is C12H17ClO2. The molecule has 2 nitrogen and oxygen atoms in total. The van der Waals surface area contributed by atoms with Crippen LogP contribution in [0.4, 0.5) is 0 Å². The van der Waals surface area contributed by atoms with Crippen molar-refractivity contribution in [3.63, 3.8) is 0 Å². The first-order valence-corrected chi connectivity index (χ1v) is 5.67. The smallest absolute Gasteiger partial charge is 0.137 e. The van der Waals surface area contributed by atoms with Gasteiger partial charge >= 0.3 is 0 Å². The van der Waals surface area contributed by atoms with Gasteiger partial charge in [-0.25, -0.2) is 0 Å². The second-order valence-electron chi connectivity index (χ2n) is 3.46. The molecule has 0 aliphatic carbocycles. The van der Waals surface area contributed by atoms with E-state index in [4.69, 9.17) is 16.3 Å². The Kier molecular flexibility index (Phi) is 4.92. The first kappa shape index (κ1) is 12.3. The number of aliphatic hydroxyl groups is 1. The van der Waals surface area contributed by atoms with Gasteiger partial charge in [0.15, 0.2) is 0 Å². The molecule has 1 N–H and O–H groups in total. The van der Waals surface area contributed by atoms with Crippen molar-refractivity contribution in [3.8, 4) is 5.75 Å². The number of rotatable bonds is 5. The molecule has 0 saturated carbocycles. The predicted molar refractivity (Wildman–Crippen MR) is 62.5 cm³/mol. The second-order valence-corrected chi connectivity index (χ2v) is 3.87. The molecule has 0 aliphatic rings. The second kappa shape index (κ2) is 5.99. The van der Waals surface area contributed by atoms with E-state index in [9.17, 15) is 5.11 Å². The highest BCUT2D eigenvalue weighted by atomic mass is 35.5. The van der Waals surface area contributed by atoms with Crippen molar-refractivity contribution in [2.75, 3.05) is 6.61 Å². The minimum atomic E-state index is -0.442. The molecular weight excluding hydrogens is 212 g/mol. The van der Waals surface area contributed by atoms with E-state index < -0.39 is 6.10 Å². The van der Waals surface area contributed by atoms with Crippen LogP contribution in [-0.4, -0.2) is 11.7 Å². The van der Waals surface area contributed by atoms with E-state index in [-0.39, 0.29) is 0 Å². The van der Waals surface area contributed by atoms with Gasteiger partial charge in [-0.05, 0) is 30.5 Å². The fourth-order valence-electron chi connectivity index (χ4n) is 1.29. The third-order valence-corrected chi connectivity index (χ3v) is 2.48. The summed E-state index contributed by atoms with van der Waals surface area (Å²) in [7, 11) is 0. The Labute approximate surface area is 95.8 Å². The zero-order valence-corrected chi connectivity index (χ0v) is 9.92. The lowest BCUT2D eigenvalue weighted by Crippen LogP contribution is -1.98. The van der Waals surface area contributed by atoms with Crippen LogP contribution in [0, 0.1) is 0 Å². The monoisotopic (exact) mass is 228 g/mol. The van der Waals surface area contributed by atoms with Crippen LogP contribution < -0.4 is 4.74 Å². The third-order valence-electron chi connectivity index (χ3n) is 2.19. The summed E-state index contributed by atoms with van der Waals surface area (Å²) in [4.78, 5) is 0. The van der Waals surface area contributed by atoms with Crippen LogP contribution in [-0.2, 0) is 0 Å². The van der Waals surface area contributed by atoms with Gasteiger partial charge in [-0.2, -0.15) is 0 Å². The van der Waals surface area contributed by atoms with Gasteiger partial charge in [0.25, 0.3) is 0 Å². The molecule has 0 fully saturated rings. The fraction of sp³-hybridized carbons (Fsp3) is 0.500. The maximum absolute atomic E-state index is 9.62. The Morgan fingerprint density at radius 1 is 1.40 bits per heavy atom. The van der Waals surface area contributed by atoms with E-state index in [0.29, 0.717) is 23.8 Å². The minimum Gasteiger partial charge on any atom is -0.492 e. The molecule has 0 radical (unpaired) electrons. The largest absolute Gasteiger partial charge is 0.492 e. The Morgan fingerprint density at radius 2 is 2.13 bits per heavy atom. The van der Waals surface area contributed by atoms with Gasteiger partial charge < -0.3 is 9.84 Å². The summed E-state index contributed by atoms with van der Waals surface area (Å²) in [6, 6.07) is 5.43. The fourth-order valence-corrected chi connectivity index (χ4v) is 1.53.